The minimum absolute atomic E-state index is 0.0313. The first-order valence-electron chi connectivity index (χ1n) is 10.2. The zero-order valence-corrected chi connectivity index (χ0v) is 19.3. The molecule has 1 unspecified atom stereocenters. The van der Waals surface area contributed by atoms with Crippen LogP contribution in [0, 0.1) is 13.8 Å². The van der Waals surface area contributed by atoms with E-state index in [1.807, 2.05) is 38.3 Å². The number of aryl methyl sites for hydroxylation is 2. The van der Waals surface area contributed by atoms with Crippen molar-refractivity contribution in [1.29, 1.82) is 0 Å². The summed E-state index contributed by atoms with van der Waals surface area (Å²) in [6.07, 6.45) is 1.83. The highest BCUT2D eigenvalue weighted by Gasteiger charge is 2.36. The molecule has 3 aromatic rings. The van der Waals surface area contributed by atoms with Crippen LogP contribution in [-0.4, -0.2) is 33.5 Å². The van der Waals surface area contributed by atoms with Gasteiger partial charge in [-0.25, -0.2) is 4.68 Å². The molecule has 1 atom stereocenters. The van der Waals surface area contributed by atoms with E-state index < -0.39 is 12.7 Å². The second-order valence-electron chi connectivity index (χ2n) is 7.62. The molecule has 1 aliphatic heterocycles. The highest BCUT2D eigenvalue weighted by atomic mass is 32.2. The zero-order chi connectivity index (χ0) is 23.7. The summed E-state index contributed by atoms with van der Waals surface area (Å²) in [5.41, 5.74) is 3.90. The van der Waals surface area contributed by atoms with E-state index in [1.165, 1.54) is 22.5 Å². The van der Waals surface area contributed by atoms with E-state index in [2.05, 4.69) is 20.7 Å². The highest BCUT2D eigenvalue weighted by molar-refractivity contribution is 7.98. The van der Waals surface area contributed by atoms with Gasteiger partial charge in [0.05, 0.1) is 5.57 Å². The summed E-state index contributed by atoms with van der Waals surface area (Å²) in [5, 5.41) is 11.1. The van der Waals surface area contributed by atoms with Crippen LogP contribution in [0.5, 0.6) is 5.75 Å². The number of fused-ring (bicyclic) bond motifs is 1. The van der Waals surface area contributed by atoms with Crippen LogP contribution in [0.15, 0.2) is 58.9 Å². The summed E-state index contributed by atoms with van der Waals surface area (Å²) in [6.45, 7) is 2.62. The minimum Gasteiger partial charge on any atom is -0.434 e. The molecule has 172 valence electrons. The molecule has 1 aliphatic rings. The molecule has 2 heterocycles. The summed E-state index contributed by atoms with van der Waals surface area (Å²) < 4.78 is 32.6. The number of nitrogens with one attached hydrogen (secondary N) is 2. The van der Waals surface area contributed by atoms with Crippen molar-refractivity contribution < 1.29 is 18.3 Å². The van der Waals surface area contributed by atoms with Crippen LogP contribution in [0.4, 0.5) is 20.4 Å². The molecule has 7 nitrogen and oxygen atoms in total. The van der Waals surface area contributed by atoms with E-state index in [0.717, 1.165) is 11.1 Å². The van der Waals surface area contributed by atoms with Gasteiger partial charge in [-0.3, -0.25) is 4.79 Å². The lowest BCUT2D eigenvalue weighted by molar-refractivity contribution is -0.113. The van der Waals surface area contributed by atoms with Gasteiger partial charge < -0.3 is 15.4 Å². The van der Waals surface area contributed by atoms with E-state index in [1.54, 1.807) is 25.1 Å². The molecule has 0 fully saturated rings. The van der Waals surface area contributed by atoms with Gasteiger partial charge in [0.15, 0.2) is 0 Å². The predicted molar refractivity (Wildman–Crippen MR) is 124 cm³/mol. The van der Waals surface area contributed by atoms with Crippen molar-refractivity contribution >= 4 is 29.3 Å². The molecule has 10 heteroatoms. The van der Waals surface area contributed by atoms with Crippen molar-refractivity contribution in [3.05, 3.63) is 70.4 Å². The van der Waals surface area contributed by atoms with E-state index in [0.29, 0.717) is 33.6 Å². The van der Waals surface area contributed by atoms with E-state index in [9.17, 15) is 13.6 Å². The van der Waals surface area contributed by atoms with Crippen LogP contribution >= 0.6 is 11.8 Å². The number of ether oxygens (including phenoxy) is 1. The average Bonchev–Trinajstić information content (AvgIpc) is 3.17. The fraction of sp³-hybridized carbons (Fsp3) is 0.261. The number of nitrogens with zero attached hydrogens (tertiary/aromatic N) is 3. The molecule has 1 aromatic heterocycles. The summed E-state index contributed by atoms with van der Waals surface area (Å²) in [7, 11) is 0. The number of benzene rings is 2. The standard InChI is InChI=1S/C23H23F2N5O2S/c1-12-9-10-16(13(2)11-12)27-20(31)18-14(3)26-22-28-23(33-4)29-30(22)19(18)15-7-5-6-8-17(15)32-21(24)25/h5-11,19,21H,1-4H3,(H,27,31)(H,26,28,29). The maximum atomic E-state index is 13.6. The van der Waals surface area contributed by atoms with Gasteiger partial charge in [-0.05, 0) is 44.7 Å². The Morgan fingerprint density at radius 2 is 1.97 bits per heavy atom. The topological polar surface area (TPSA) is 81.1 Å². The second-order valence-corrected chi connectivity index (χ2v) is 8.40. The smallest absolute Gasteiger partial charge is 0.387 e. The number of allylic oxidation sites excluding steroid dienone is 1. The van der Waals surface area contributed by atoms with Gasteiger partial charge in [0.2, 0.25) is 11.1 Å². The number of halogens is 2. The molecular formula is C23H23F2N5O2S. The Morgan fingerprint density at radius 1 is 1.21 bits per heavy atom. The molecule has 2 aromatic carbocycles. The number of amides is 1. The lowest BCUT2D eigenvalue weighted by atomic mass is 9.94. The lowest BCUT2D eigenvalue weighted by Crippen LogP contribution is -2.32. The second kappa shape index (κ2) is 9.22. The molecule has 0 bridgehead atoms. The molecule has 2 N–H and O–H groups in total. The maximum Gasteiger partial charge on any atom is 0.387 e. The first-order chi connectivity index (χ1) is 15.8. The fourth-order valence-electron chi connectivity index (χ4n) is 3.85. The van der Waals surface area contributed by atoms with Gasteiger partial charge in [0.25, 0.3) is 5.91 Å². The Balaban J connectivity index is 1.83. The number of aromatic nitrogens is 3. The third kappa shape index (κ3) is 4.56. The summed E-state index contributed by atoms with van der Waals surface area (Å²) in [5.74, 6) is 0.00332. The quantitative estimate of drug-likeness (QED) is 0.484. The first-order valence-corrected chi connectivity index (χ1v) is 11.4. The molecule has 0 spiro atoms. The molecular weight excluding hydrogens is 448 g/mol. The Labute approximate surface area is 194 Å². The van der Waals surface area contributed by atoms with Gasteiger partial charge in [0, 0.05) is 16.9 Å². The Kier molecular flexibility index (Phi) is 6.37. The van der Waals surface area contributed by atoms with Crippen molar-refractivity contribution in [3.8, 4) is 5.75 Å². The number of carbonyl (C=O) groups is 1. The van der Waals surface area contributed by atoms with E-state index in [-0.39, 0.29) is 11.7 Å². The van der Waals surface area contributed by atoms with Crippen molar-refractivity contribution in [2.75, 3.05) is 16.9 Å². The van der Waals surface area contributed by atoms with E-state index in [4.69, 9.17) is 4.74 Å². The zero-order valence-electron chi connectivity index (χ0n) is 18.5. The third-order valence-electron chi connectivity index (χ3n) is 5.32. The molecule has 1 amide bonds. The van der Waals surface area contributed by atoms with Crippen LogP contribution < -0.4 is 15.4 Å². The minimum atomic E-state index is -3.01. The van der Waals surface area contributed by atoms with Crippen LogP contribution in [-0.2, 0) is 4.79 Å². The number of para-hydroxylation sites is 1. The number of hydrogen-bond donors (Lipinski definition) is 2. The van der Waals surface area contributed by atoms with Crippen molar-refractivity contribution in [2.45, 2.75) is 38.6 Å². The average molecular weight is 472 g/mol. The molecule has 0 saturated carbocycles. The third-order valence-corrected chi connectivity index (χ3v) is 5.86. The molecule has 0 aliphatic carbocycles. The van der Waals surface area contributed by atoms with Crippen molar-refractivity contribution in [3.63, 3.8) is 0 Å². The largest absolute Gasteiger partial charge is 0.434 e. The van der Waals surface area contributed by atoms with Gasteiger partial charge in [-0.15, -0.1) is 5.10 Å². The van der Waals surface area contributed by atoms with Gasteiger partial charge in [0.1, 0.15) is 11.8 Å². The molecule has 0 radical (unpaired) electrons. The summed E-state index contributed by atoms with van der Waals surface area (Å²) in [4.78, 5) is 18.0. The number of hydrogen-bond acceptors (Lipinski definition) is 6. The molecule has 33 heavy (non-hydrogen) atoms. The SMILES string of the molecule is CSc1nc2n(n1)C(c1ccccc1OC(F)F)C(C(=O)Nc1ccc(C)cc1C)=C(C)N2. The first kappa shape index (κ1) is 22.8. The van der Waals surface area contributed by atoms with Crippen LogP contribution in [0.3, 0.4) is 0 Å². The normalized spacial score (nSPS) is 15.3. The monoisotopic (exact) mass is 471 g/mol. The van der Waals surface area contributed by atoms with Gasteiger partial charge in [-0.2, -0.15) is 13.8 Å². The number of alkyl halides is 2. The van der Waals surface area contributed by atoms with Crippen molar-refractivity contribution in [1.82, 2.24) is 14.8 Å². The van der Waals surface area contributed by atoms with E-state index >= 15 is 0 Å². The lowest BCUT2D eigenvalue weighted by Gasteiger charge is -2.29. The molecule has 0 saturated heterocycles. The molecule has 4 rings (SSSR count). The number of anilines is 2. The van der Waals surface area contributed by atoms with Crippen LogP contribution in [0.25, 0.3) is 0 Å². The van der Waals surface area contributed by atoms with Crippen molar-refractivity contribution in [2.24, 2.45) is 0 Å². The Bertz CT molecular complexity index is 1240. The highest BCUT2D eigenvalue weighted by Crippen LogP contribution is 2.40. The van der Waals surface area contributed by atoms with Gasteiger partial charge in [-0.1, -0.05) is 47.7 Å². The number of thioether (sulfide) groups is 1. The maximum absolute atomic E-state index is 13.6. The number of carbonyl (C=O) groups excluding carboxylic acids is 1. The van der Waals surface area contributed by atoms with Gasteiger partial charge >= 0.3 is 6.61 Å². The van der Waals surface area contributed by atoms with Crippen LogP contribution in [0.1, 0.15) is 29.7 Å². The Hall–Kier alpha value is -3.40. The predicted octanol–water partition coefficient (Wildman–Crippen LogP) is 5.15. The number of rotatable bonds is 6. The fourth-order valence-corrected chi connectivity index (χ4v) is 4.20. The van der Waals surface area contributed by atoms with Crippen LogP contribution in [0.2, 0.25) is 0 Å². The summed E-state index contributed by atoms with van der Waals surface area (Å²) >= 11 is 1.34. The Morgan fingerprint density at radius 3 is 2.67 bits per heavy atom. The summed E-state index contributed by atoms with van der Waals surface area (Å²) in [6, 6.07) is 11.3.